The molecule has 1 saturated heterocycles. The highest BCUT2D eigenvalue weighted by atomic mass is 127. The van der Waals surface area contributed by atoms with Crippen molar-refractivity contribution in [2.45, 2.75) is 26.6 Å². The smallest absolute Gasteiger partial charge is 0.368 e. The van der Waals surface area contributed by atoms with Crippen LogP contribution < -0.4 is 10.2 Å². The number of aliphatic imine (C=N–C) groups is 1. The molecule has 0 amide bonds. The van der Waals surface area contributed by atoms with Gasteiger partial charge in [-0.15, -0.1) is 24.0 Å². The van der Waals surface area contributed by atoms with Gasteiger partial charge in [0.2, 0.25) is 0 Å². The fraction of sp³-hybridized carbons (Fsp3) is 0.500. The van der Waals surface area contributed by atoms with Crippen LogP contribution >= 0.6 is 24.0 Å². The van der Waals surface area contributed by atoms with E-state index < -0.39 is 11.7 Å². The molecule has 1 aromatic heterocycles. The molecule has 0 unspecified atom stereocenters. The predicted octanol–water partition coefficient (Wildman–Crippen LogP) is 3.57. The number of anilines is 1. The lowest BCUT2D eigenvalue weighted by atomic mass is 10.1. The van der Waals surface area contributed by atoms with Gasteiger partial charge in [0.25, 0.3) is 0 Å². The number of nitrogens with zero attached hydrogens (tertiary/aromatic N) is 5. The number of alkyl halides is 3. The SMILES string of the molecule is CN=C(NCc1c(C)nn(C)c1C)N1CCN(c2cccc(C(F)(F)F)c2)CC1.I. The van der Waals surface area contributed by atoms with Crippen LogP contribution in [0.25, 0.3) is 0 Å². The van der Waals surface area contributed by atoms with Gasteiger partial charge in [0.15, 0.2) is 5.96 Å². The van der Waals surface area contributed by atoms with Crippen molar-refractivity contribution in [1.29, 1.82) is 0 Å². The lowest BCUT2D eigenvalue weighted by Gasteiger charge is -2.37. The Balaban J connectivity index is 0.00000320. The van der Waals surface area contributed by atoms with E-state index in [9.17, 15) is 13.2 Å². The molecule has 3 rings (SSSR count). The van der Waals surface area contributed by atoms with Crippen molar-refractivity contribution in [2.75, 3.05) is 38.1 Å². The van der Waals surface area contributed by atoms with Crippen molar-refractivity contribution in [2.24, 2.45) is 12.0 Å². The summed E-state index contributed by atoms with van der Waals surface area (Å²) in [6, 6.07) is 5.51. The molecular formula is C20H28F3IN6. The Bertz CT molecular complexity index is 885. The van der Waals surface area contributed by atoms with Gasteiger partial charge in [-0.05, 0) is 32.0 Å². The maximum Gasteiger partial charge on any atom is 0.416 e. The van der Waals surface area contributed by atoms with Crippen molar-refractivity contribution < 1.29 is 13.2 Å². The molecule has 0 saturated carbocycles. The van der Waals surface area contributed by atoms with Crippen molar-refractivity contribution in [3.8, 4) is 0 Å². The zero-order chi connectivity index (χ0) is 21.2. The molecule has 0 aliphatic carbocycles. The molecule has 1 aliphatic rings. The molecule has 6 nitrogen and oxygen atoms in total. The van der Waals surface area contributed by atoms with E-state index in [0.717, 1.165) is 29.0 Å². The van der Waals surface area contributed by atoms with E-state index in [-0.39, 0.29) is 24.0 Å². The zero-order valence-corrected chi connectivity index (χ0v) is 20.0. The first kappa shape index (κ1) is 24.3. The number of hydrogen-bond acceptors (Lipinski definition) is 3. The largest absolute Gasteiger partial charge is 0.416 e. The van der Waals surface area contributed by atoms with E-state index in [4.69, 9.17) is 0 Å². The number of guanidine groups is 1. The highest BCUT2D eigenvalue weighted by Gasteiger charge is 2.31. The second-order valence-corrected chi connectivity index (χ2v) is 7.20. The number of piperazine rings is 1. The van der Waals surface area contributed by atoms with Crippen LogP contribution in [0, 0.1) is 13.8 Å². The van der Waals surface area contributed by atoms with Gasteiger partial charge in [-0.3, -0.25) is 9.67 Å². The molecule has 0 bridgehead atoms. The summed E-state index contributed by atoms with van der Waals surface area (Å²) in [5, 5.41) is 7.82. The number of benzene rings is 1. The van der Waals surface area contributed by atoms with E-state index >= 15 is 0 Å². The normalized spacial score (nSPS) is 15.2. The third kappa shape index (κ3) is 5.38. The van der Waals surface area contributed by atoms with Crippen LogP contribution in [0.2, 0.25) is 0 Å². The second kappa shape index (κ2) is 9.88. The highest BCUT2D eigenvalue weighted by Crippen LogP contribution is 2.31. The summed E-state index contributed by atoms with van der Waals surface area (Å²) in [5.41, 5.74) is 3.24. The zero-order valence-electron chi connectivity index (χ0n) is 17.6. The van der Waals surface area contributed by atoms with Gasteiger partial charge in [0, 0.05) is 63.8 Å². The average Bonchev–Trinajstić information content (AvgIpc) is 2.94. The molecule has 2 heterocycles. The van der Waals surface area contributed by atoms with E-state index in [2.05, 4.69) is 20.3 Å². The number of aromatic nitrogens is 2. The first-order valence-corrected chi connectivity index (χ1v) is 9.57. The molecule has 30 heavy (non-hydrogen) atoms. The highest BCUT2D eigenvalue weighted by molar-refractivity contribution is 14.0. The van der Waals surface area contributed by atoms with Crippen molar-refractivity contribution in [3.63, 3.8) is 0 Å². The first-order valence-electron chi connectivity index (χ1n) is 9.57. The molecule has 0 spiro atoms. The Morgan fingerprint density at radius 2 is 1.83 bits per heavy atom. The van der Waals surface area contributed by atoms with Crippen LogP contribution in [0.4, 0.5) is 18.9 Å². The van der Waals surface area contributed by atoms with Crippen LogP contribution in [0.5, 0.6) is 0 Å². The number of halogens is 4. The third-order valence-corrected chi connectivity index (χ3v) is 5.41. The molecule has 10 heteroatoms. The Morgan fingerprint density at radius 3 is 2.37 bits per heavy atom. The lowest BCUT2D eigenvalue weighted by Crippen LogP contribution is -2.52. The van der Waals surface area contributed by atoms with E-state index in [1.165, 1.54) is 12.1 Å². The summed E-state index contributed by atoms with van der Waals surface area (Å²) in [4.78, 5) is 8.48. The van der Waals surface area contributed by atoms with Crippen molar-refractivity contribution >= 4 is 35.6 Å². The Labute approximate surface area is 192 Å². The number of rotatable bonds is 3. The molecule has 2 aromatic rings. The Kier molecular flexibility index (Phi) is 8.00. The lowest BCUT2D eigenvalue weighted by molar-refractivity contribution is -0.137. The first-order chi connectivity index (χ1) is 13.7. The number of aryl methyl sites for hydroxylation is 2. The van der Waals surface area contributed by atoms with Crippen LogP contribution in [0.15, 0.2) is 29.3 Å². The van der Waals surface area contributed by atoms with Crippen LogP contribution in [0.1, 0.15) is 22.5 Å². The van der Waals surface area contributed by atoms with Gasteiger partial charge in [0.1, 0.15) is 0 Å². The van der Waals surface area contributed by atoms with Gasteiger partial charge in [-0.1, -0.05) is 6.07 Å². The fourth-order valence-corrected chi connectivity index (χ4v) is 3.63. The Morgan fingerprint density at radius 1 is 1.17 bits per heavy atom. The molecule has 0 atom stereocenters. The second-order valence-electron chi connectivity index (χ2n) is 7.20. The topological polar surface area (TPSA) is 48.7 Å². The number of hydrogen-bond donors (Lipinski definition) is 1. The standard InChI is InChI=1S/C20H27F3N6.HI/c1-14-18(15(2)27(4)26-14)13-25-19(24-3)29-10-8-28(9-11-29)17-7-5-6-16(12-17)20(21,22)23;/h5-7,12H,8-11,13H2,1-4H3,(H,24,25);1H. The Hall–Kier alpha value is -1.98. The van der Waals surface area contributed by atoms with Gasteiger partial charge in [-0.2, -0.15) is 18.3 Å². The maximum absolute atomic E-state index is 13.0. The summed E-state index contributed by atoms with van der Waals surface area (Å²) in [6.07, 6.45) is -4.33. The maximum atomic E-state index is 13.0. The van der Waals surface area contributed by atoms with Gasteiger partial charge < -0.3 is 15.1 Å². The molecule has 0 radical (unpaired) electrons. The van der Waals surface area contributed by atoms with Gasteiger partial charge in [-0.25, -0.2) is 0 Å². The fourth-order valence-electron chi connectivity index (χ4n) is 3.63. The molecule has 1 aromatic carbocycles. The third-order valence-electron chi connectivity index (χ3n) is 5.41. The van der Waals surface area contributed by atoms with Crippen LogP contribution in [-0.4, -0.2) is 53.9 Å². The minimum atomic E-state index is -4.33. The minimum Gasteiger partial charge on any atom is -0.368 e. The average molecular weight is 536 g/mol. The summed E-state index contributed by atoms with van der Waals surface area (Å²) in [6.45, 7) is 7.28. The summed E-state index contributed by atoms with van der Waals surface area (Å²) in [5.74, 6) is 0.788. The predicted molar refractivity (Wildman–Crippen MR) is 124 cm³/mol. The summed E-state index contributed by atoms with van der Waals surface area (Å²) >= 11 is 0. The molecule has 1 fully saturated rings. The van der Waals surface area contributed by atoms with E-state index in [1.54, 1.807) is 13.1 Å². The van der Waals surface area contributed by atoms with E-state index in [1.807, 2.05) is 30.5 Å². The monoisotopic (exact) mass is 536 g/mol. The summed E-state index contributed by atoms with van der Waals surface area (Å²) < 4.78 is 40.8. The summed E-state index contributed by atoms with van der Waals surface area (Å²) in [7, 11) is 3.66. The molecular weight excluding hydrogens is 508 g/mol. The molecule has 166 valence electrons. The van der Waals surface area contributed by atoms with Gasteiger partial charge in [0.05, 0.1) is 11.3 Å². The van der Waals surface area contributed by atoms with Crippen molar-refractivity contribution in [1.82, 2.24) is 20.0 Å². The van der Waals surface area contributed by atoms with Crippen LogP contribution in [0.3, 0.4) is 0 Å². The minimum absolute atomic E-state index is 0. The van der Waals surface area contributed by atoms with Gasteiger partial charge >= 0.3 is 6.18 Å². The molecule has 1 aliphatic heterocycles. The quantitative estimate of drug-likeness (QED) is 0.371. The van der Waals surface area contributed by atoms with E-state index in [0.29, 0.717) is 38.4 Å². The van der Waals surface area contributed by atoms with Crippen LogP contribution in [-0.2, 0) is 19.8 Å². The molecule has 1 N–H and O–H groups in total. The number of nitrogens with one attached hydrogen (secondary N) is 1. The van der Waals surface area contributed by atoms with Crippen molar-refractivity contribution in [3.05, 3.63) is 46.8 Å².